The van der Waals surface area contributed by atoms with Gasteiger partial charge in [-0.3, -0.25) is 19.7 Å². The normalized spacial score (nSPS) is 13.5. The quantitative estimate of drug-likeness (QED) is 0.172. The number of nitrogens with two attached hydrogens (primary N) is 1. The van der Waals surface area contributed by atoms with Crippen molar-refractivity contribution >= 4 is 28.1 Å². The number of nitrogen functional groups attached to an aromatic ring is 1. The van der Waals surface area contributed by atoms with E-state index in [2.05, 4.69) is 20.2 Å². The molecule has 230 valence electrons. The second-order valence-corrected chi connectivity index (χ2v) is 10.8. The first-order valence-electron chi connectivity index (χ1n) is 14.8. The number of hydrogen-bond acceptors (Lipinski definition) is 10. The Kier molecular flexibility index (Phi) is 8.72. The summed E-state index contributed by atoms with van der Waals surface area (Å²) in [5, 5.41) is 23.6. The maximum Gasteiger partial charge on any atom is 0.263 e. The minimum Gasteiger partial charge on any atom is -0.508 e. The highest BCUT2D eigenvalue weighted by Gasteiger charge is 2.20. The third-order valence-electron chi connectivity index (χ3n) is 7.90. The number of morpholine rings is 1. The summed E-state index contributed by atoms with van der Waals surface area (Å²) in [5.74, 6) is 1.07. The molecule has 1 aliphatic rings. The zero-order valence-corrected chi connectivity index (χ0v) is 25.0. The lowest BCUT2D eigenvalue weighted by molar-refractivity contribution is 0.0322. The molecule has 5 aromatic rings. The van der Waals surface area contributed by atoms with Gasteiger partial charge < -0.3 is 25.6 Å². The number of hydrogen-bond donors (Lipinski definition) is 4. The summed E-state index contributed by atoms with van der Waals surface area (Å²) in [6.07, 6.45) is 1.32. The molecule has 0 amide bonds. The second-order valence-electron chi connectivity index (χ2n) is 10.8. The number of rotatable bonds is 10. The van der Waals surface area contributed by atoms with Crippen molar-refractivity contribution < 1.29 is 14.6 Å². The summed E-state index contributed by atoms with van der Waals surface area (Å²) < 4.78 is 13.4. The van der Waals surface area contributed by atoms with Crippen LogP contribution in [0.3, 0.4) is 0 Å². The lowest BCUT2D eigenvalue weighted by atomic mass is 10.0. The number of phenolic OH excluding ortho intramolecular Hbond substituents is 1. The lowest BCUT2D eigenvalue weighted by Gasteiger charge is -2.26. The summed E-state index contributed by atoms with van der Waals surface area (Å²) in [5.41, 5.74) is 9.05. The Morgan fingerprint density at radius 3 is 2.69 bits per heavy atom. The number of aromatic hydroxyl groups is 1. The first-order chi connectivity index (χ1) is 21.9. The molecule has 0 atom stereocenters. The fourth-order valence-electron chi connectivity index (χ4n) is 5.62. The van der Waals surface area contributed by atoms with Crippen LogP contribution in [0.15, 0.2) is 83.9 Å². The number of para-hydroxylation sites is 2. The number of nitrogens with one attached hydrogen (secondary N) is 2. The van der Waals surface area contributed by atoms with Crippen molar-refractivity contribution in [2.45, 2.75) is 13.5 Å². The first kappa shape index (κ1) is 29.8. The molecule has 3 aromatic carbocycles. The lowest BCUT2D eigenvalue weighted by Crippen LogP contribution is -2.38. The Morgan fingerprint density at radius 2 is 1.87 bits per heavy atom. The third kappa shape index (κ3) is 6.35. The summed E-state index contributed by atoms with van der Waals surface area (Å²) >= 11 is 0. The number of aryl methyl sites for hydroxylation is 1. The second kappa shape index (κ2) is 13.2. The number of ether oxygens (including phenoxy) is 2. The predicted octanol–water partition coefficient (Wildman–Crippen LogP) is 4.12. The molecule has 0 bridgehead atoms. The molecule has 0 aliphatic carbocycles. The summed E-state index contributed by atoms with van der Waals surface area (Å²) in [6.45, 7) is 6.48. The van der Waals surface area contributed by atoms with Gasteiger partial charge in [0, 0.05) is 30.9 Å². The van der Waals surface area contributed by atoms with Crippen LogP contribution in [-0.4, -0.2) is 69.7 Å². The van der Waals surface area contributed by atoms with E-state index in [1.165, 1.54) is 18.5 Å². The molecule has 11 nitrogen and oxygen atoms in total. The van der Waals surface area contributed by atoms with Gasteiger partial charge in [0.25, 0.3) is 5.56 Å². The maximum atomic E-state index is 14.3. The highest BCUT2D eigenvalue weighted by Crippen LogP contribution is 2.28. The van der Waals surface area contributed by atoms with Gasteiger partial charge in [-0.25, -0.2) is 9.97 Å². The fourth-order valence-corrected chi connectivity index (χ4v) is 5.62. The van der Waals surface area contributed by atoms with Crippen molar-refractivity contribution in [2.75, 3.05) is 50.5 Å². The van der Waals surface area contributed by atoms with E-state index in [1.807, 2.05) is 55.5 Å². The third-order valence-corrected chi connectivity index (χ3v) is 7.90. The van der Waals surface area contributed by atoms with Crippen LogP contribution in [0.5, 0.6) is 11.5 Å². The SMILES string of the molecule is Cc1cccc2cc(CNc3ncnc(N)c3C(=N)c3cccc(O)c3)n(-c3ccccc3OCCN3CCOCC3)c(=O)c12. The van der Waals surface area contributed by atoms with E-state index in [9.17, 15) is 9.90 Å². The number of aromatic nitrogens is 3. The number of benzene rings is 3. The molecular formula is C34H35N7O4. The average molecular weight is 606 g/mol. The Hall–Kier alpha value is -5.26. The number of anilines is 2. The van der Waals surface area contributed by atoms with Crippen LogP contribution in [0.4, 0.5) is 11.6 Å². The van der Waals surface area contributed by atoms with E-state index in [-0.39, 0.29) is 29.4 Å². The van der Waals surface area contributed by atoms with Gasteiger partial charge in [-0.1, -0.05) is 42.5 Å². The van der Waals surface area contributed by atoms with Gasteiger partial charge in [0.1, 0.15) is 36.1 Å². The van der Waals surface area contributed by atoms with E-state index in [0.717, 1.165) is 30.6 Å². The van der Waals surface area contributed by atoms with Crippen molar-refractivity contribution in [3.8, 4) is 17.2 Å². The van der Waals surface area contributed by atoms with Gasteiger partial charge in [-0.05, 0) is 48.2 Å². The van der Waals surface area contributed by atoms with Crippen LogP contribution in [0.2, 0.25) is 0 Å². The zero-order valence-electron chi connectivity index (χ0n) is 25.0. The zero-order chi connectivity index (χ0) is 31.3. The molecule has 6 rings (SSSR count). The van der Waals surface area contributed by atoms with E-state index in [1.54, 1.807) is 16.7 Å². The number of fused-ring (bicyclic) bond motifs is 1. The van der Waals surface area contributed by atoms with E-state index in [0.29, 0.717) is 59.3 Å². The topological polar surface area (TPSA) is 152 Å². The first-order valence-corrected chi connectivity index (χ1v) is 14.8. The minimum absolute atomic E-state index is 0.0310. The van der Waals surface area contributed by atoms with Crippen LogP contribution >= 0.6 is 0 Å². The van der Waals surface area contributed by atoms with Crippen LogP contribution in [0, 0.1) is 12.3 Å². The standard InChI is InChI=1S/C34H35N7O4/c1-22-6-4-7-23-18-25(20-37-33-30(32(36)38-21-39-33)31(35)24-8-5-9-26(42)19-24)41(34(43)29(22)23)27-10-2-3-11-28(27)45-17-14-40-12-15-44-16-13-40/h2-11,18-19,21,35,42H,12-17,20H2,1H3,(H3,36,37,38,39). The summed E-state index contributed by atoms with van der Waals surface area (Å²) in [7, 11) is 0. The Morgan fingerprint density at radius 1 is 1.07 bits per heavy atom. The molecule has 2 aromatic heterocycles. The molecule has 5 N–H and O–H groups in total. The van der Waals surface area contributed by atoms with E-state index >= 15 is 0 Å². The van der Waals surface area contributed by atoms with Gasteiger partial charge in [0.15, 0.2) is 0 Å². The van der Waals surface area contributed by atoms with Crippen LogP contribution in [0.25, 0.3) is 16.5 Å². The molecule has 1 fully saturated rings. The Labute approximate surface area is 260 Å². The van der Waals surface area contributed by atoms with Crippen LogP contribution < -0.4 is 21.3 Å². The van der Waals surface area contributed by atoms with Crippen molar-refractivity contribution in [3.63, 3.8) is 0 Å². The average Bonchev–Trinajstić information content (AvgIpc) is 3.04. The molecule has 0 saturated carbocycles. The molecule has 1 saturated heterocycles. The molecule has 0 spiro atoms. The van der Waals surface area contributed by atoms with Gasteiger partial charge in [0.05, 0.1) is 42.1 Å². The van der Waals surface area contributed by atoms with Gasteiger partial charge in [0.2, 0.25) is 0 Å². The Bertz CT molecular complexity index is 1920. The van der Waals surface area contributed by atoms with Gasteiger partial charge in [-0.2, -0.15) is 0 Å². The van der Waals surface area contributed by atoms with Crippen molar-refractivity contribution in [1.29, 1.82) is 5.41 Å². The van der Waals surface area contributed by atoms with Crippen LogP contribution in [0.1, 0.15) is 22.4 Å². The van der Waals surface area contributed by atoms with Gasteiger partial charge in [-0.15, -0.1) is 0 Å². The van der Waals surface area contributed by atoms with Crippen LogP contribution in [-0.2, 0) is 11.3 Å². The highest BCUT2D eigenvalue weighted by atomic mass is 16.5. The van der Waals surface area contributed by atoms with Gasteiger partial charge >= 0.3 is 0 Å². The minimum atomic E-state index is -0.165. The fraction of sp³-hybridized carbons (Fsp3) is 0.235. The molecule has 3 heterocycles. The number of phenols is 1. The van der Waals surface area contributed by atoms with Crippen molar-refractivity contribution in [3.05, 3.63) is 112 Å². The van der Waals surface area contributed by atoms with Crippen molar-refractivity contribution in [2.24, 2.45) is 0 Å². The molecular weight excluding hydrogens is 570 g/mol. The molecule has 0 radical (unpaired) electrons. The largest absolute Gasteiger partial charge is 0.508 e. The molecule has 45 heavy (non-hydrogen) atoms. The monoisotopic (exact) mass is 605 g/mol. The van der Waals surface area contributed by atoms with E-state index < -0.39 is 0 Å². The smallest absolute Gasteiger partial charge is 0.263 e. The van der Waals surface area contributed by atoms with Crippen molar-refractivity contribution in [1.82, 2.24) is 19.4 Å². The molecule has 0 unspecified atom stereocenters. The maximum absolute atomic E-state index is 14.3. The molecule has 11 heteroatoms. The van der Waals surface area contributed by atoms with E-state index in [4.69, 9.17) is 20.6 Å². The number of nitrogens with zero attached hydrogens (tertiary/aromatic N) is 4. The summed E-state index contributed by atoms with van der Waals surface area (Å²) in [4.78, 5) is 25.1. The predicted molar refractivity (Wildman–Crippen MR) is 175 cm³/mol. The highest BCUT2D eigenvalue weighted by molar-refractivity contribution is 6.16. The summed E-state index contributed by atoms with van der Waals surface area (Å²) in [6, 6.07) is 21.7. The molecule has 1 aliphatic heterocycles. The Balaban J connectivity index is 1.37. The number of pyridine rings is 1.